The van der Waals surface area contributed by atoms with E-state index in [0.717, 1.165) is 19.4 Å². The topological polar surface area (TPSA) is 58.4 Å². The van der Waals surface area contributed by atoms with Gasteiger partial charge in [0.05, 0.1) is 5.54 Å². The van der Waals surface area contributed by atoms with Crippen molar-refractivity contribution < 1.29 is 4.79 Å². The van der Waals surface area contributed by atoms with Gasteiger partial charge >= 0.3 is 0 Å². The summed E-state index contributed by atoms with van der Waals surface area (Å²) in [5, 5.41) is 3.44. The van der Waals surface area contributed by atoms with Gasteiger partial charge < -0.3 is 16.0 Å². The molecule has 0 bridgehead atoms. The summed E-state index contributed by atoms with van der Waals surface area (Å²) in [7, 11) is 0. The molecule has 1 aliphatic carbocycles. The molecule has 1 saturated heterocycles. The lowest BCUT2D eigenvalue weighted by Crippen LogP contribution is -2.54. The maximum atomic E-state index is 11.8. The van der Waals surface area contributed by atoms with Gasteiger partial charge in [-0.1, -0.05) is 13.8 Å². The zero-order chi connectivity index (χ0) is 15.5. The molecule has 1 unspecified atom stereocenters. The number of hydrogen-bond acceptors (Lipinski definition) is 3. The Bertz CT molecular complexity index is 365. The van der Waals surface area contributed by atoms with Crippen LogP contribution in [0.1, 0.15) is 65.7 Å². The lowest BCUT2D eigenvalue weighted by molar-refractivity contribution is -0.124. The van der Waals surface area contributed by atoms with Crippen LogP contribution in [0.2, 0.25) is 0 Å². The average Bonchev–Trinajstić information content (AvgIpc) is 3.19. The third kappa shape index (κ3) is 5.26. The normalized spacial score (nSPS) is 26.0. The first kappa shape index (κ1) is 16.8. The number of carbonyl (C=O) groups excluding carboxylic acids is 1. The van der Waals surface area contributed by atoms with Crippen LogP contribution < -0.4 is 11.1 Å². The number of likely N-dealkylation sites (tertiary alicyclic amines) is 1. The van der Waals surface area contributed by atoms with Crippen LogP contribution >= 0.6 is 0 Å². The summed E-state index contributed by atoms with van der Waals surface area (Å²) in [5.41, 5.74) is 5.58. The van der Waals surface area contributed by atoms with Crippen LogP contribution in [0.5, 0.6) is 0 Å². The summed E-state index contributed by atoms with van der Waals surface area (Å²) in [6.45, 7) is 10.2. The number of nitrogens with zero attached hydrogens (tertiary/aromatic N) is 1. The molecule has 3 N–H and O–H groups in total. The van der Waals surface area contributed by atoms with Crippen molar-refractivity contribution in [1.29, 1.82) is 0 Å². The highest BCUT2D eigenvalue weighted by Crippen LogP contribution is 2.30. The molecule has 2 rings (SSSR count). The number of primary amides is 1. The van der Waals surface area contributed by atoms with Gasteiger partial charge in [0.15, 0.2) is 0 Å². The highest BCUT2D eigenvalue weighted by atomic mass is 16.1. The highest BCUT2D eigenvalue weighted by Gasteiger charge is 2.36. The molecule has 2 fully saturated rings. The number of hydrogen-bond donors (Lipinski definition) is 2. The van der Waals surface area contributed by atoms with Crippen molar-refractivity contribution in [2.24, 2.45) is 11.1 Å². The van der Waals surface area contributed by atoms with Crippen LogP contribution in [-0.2, 0) is 4.79 Å². The van der Waals surface area contributed by atoms with E-state index in [4.69, 9.17) is 5.73 Å². The maximum Gasteiger partial charge on any atom is 0.237 e. The van der Waals surface area contributed by atoms with Gasteiger partial charge in [-0.05, 0) is 76.9 Å². The summed E-state index contributed by atoms with van der Waals surface area (Å²) >= 11 is 0. The summed E-state index contributed by atoms with van der Waals surface area (Å²) in [6, 6.07) is 0.515. The van der Waals surface area contributed by atoms with Crippen molar-refractivity contribution in [3.8, 4) is 0 Å². The second kappa shape index (κ2) is 6.66. The number of rotatable bonds is 7. The monoisotopic (exact) mass is 295 g/mol. The van der Waals surface area contributed by atoms with E-state index >= 15 is 0 Å². The predicted molar refractivity (Wildman–Crippen MR) is 87.1 cm³/mol. The number of nitrogens with one attached hydrogen (secondary N) is 1. The van der Waals surface area contributed by atoms with Crippen LogP contribution in [0, 0.1) is 5.41 Å². The SMILES string of the molecule is CC1(C)CCCN(CCCC(C)(NC2CC2)C(N)=O)CC1. The van der Waals surface area contributed by atoms with Gasteiger partial charge in [-0.2, -0.15) is 0 Å². The fraction of sp³-hybridized carbons (Fsp3) is 0.941. The van der Waals surface area contributed by atoms with E-state index in [1.165, 1.54) is 45.2 Å². The van der Waals surface area contributed by atoms with Gasteiger partial charge in [0.2, 0.25) is 5.91 Å². The summed E-state index contributed by atoms with van der Waals surface area (Å²) in [6.07, 6.45) is 8.15. The Morgan fingerprint density at radius 2 is 2.05 bits per heavy atom. The second-order valence-corrected chi connectivity index (χ2v) is 8.08. The van der Waals surface area contributed by atoms with Crippen molar-refractivity contribution in [1.82, 2.24) is 10.2 Å². The van der Waals surface area contributed by atoms with Gasteiger partial charge in [0.1, 0.15) is 0 Å². The predicted octanol–water partition coefficient (Wildman–Crippen LogP) is 2.27. The van der Waals surface area contributed by atoms with Crippen molar-refractivity contribution in [2.75, 3.05) is 19.6 Å². The first-order valence-electron chi connectivity index (χ1n) is 8.61. The minimum atomic E-state index is -0.522. The molecule has 0 spiro atoms. The lowest BCUT2D eigenvalue weighted by Gasteiger charge is -2.29. The average molecular weight is 295 g/mol. The summed E-state index contributed by atoms with van der Waals surface area (Å²) in [5.74, 6) is -0.202. The van der Waals surface area contributed by atoms with E-state index in [1.807, 2.05) is 6.92 Å². The van der Waals surface area contributed by atoms with Crippen LogP contribution in [0.4, 0.5) is 0 Å². The fourth-order valence-corrected chi connectivity index (χ4v) is 3.30. The standard InChI is InChI=1S/C17H33N3O/c1-16(2)8-4-11-20(13-10-16)12-5-9-17(3,15(18)21)19-14-6-7-14/h14,19H,4-13H2,1-3H3,(H2,18,21). The third-order valence-electron chi connectivity index (χ3n) is 5.23. The van der Waals surface area contributed by atoms with Crippen molar-refractivity contribution in [2.45, 2.75) is 77.3 Å². The minimum Gasteiger partial charge on any atom is -0.368 e. The third-order valence-corrected chi connectivity index (χ3v) is 5.23. The number of carbonyl (C=O) groups is 1. The van der Waals surface area contributed by atoms with Gasteiger partial charge in [-0.25, -0.2) is 0 Å². The first-order valence-corrected chi connectivity index (χ1v) is 8.61. The van der Waals surface area contributed by atoms with Gasteiger partial charge in [0, 0.05) is 6.04 Å². The van der Waals surface area contributed by atoms with Crippen molar-refractivity contribution in [3.63, 3.8) is 0 Å². The van der Waals surface area contributed by atoms with Crippen LogP contribution in [0.3, 0.4) is 0 Å². The molecule has 1 heterocycles. The largest absolute Gasteiger partial charge is 0.368 e. The molecule has 4 nitrogen and oxygen atoms in total. The molecule has 2 aliphatic rings. The Kier molecular flexibility index (Phi) is 5.31. The molecule has 122 valence electrons. The fourth-order valence-electron chi connectivity index (χ4n) is 3.30. The molecular weight excluding hydrogens is 262 g/mol. The molecule has 4 heteroatoms. The number of nitrogens with two attached hydrogens (primary N) is 1. The van der Waals surface area contributed by atoms with Crippen molar-refractivity contribution >= 4 is 5.91 Å². The molecule has 0 radical (unpaired) electrons. The lowest BCUT2D eigenvalue weighted by atomic mass is 9.85. The minimum absolute atomic E-state index is 0.202. The molecule has 0 aromatic rings. The smallest absolute Gasteiger partial charge is 0.237 e. The zero-order valence-electron chi connectivity index (χ0n) is 14.1. The number of amides is 1. The van der Waals surface area contributed by atoms with E-state index in [0.29, 0.717) is 11.5 Å². The molecule has 1 amide bonds. The Balaban J connectivity index is 1.75. The molecule has 0 aromatic heterocycles. The van der Waals surface area contributed by atoms with E-state index in [2.05, 4.69) is 24.1 Å². The van der Waals surface area contributed by atoms with E-state index in [1.54, 1.807) is 0 Å². The van der Waals surface area contributed by atoms with Gasteiger partial charge in [-0.3, -0.25) is 4.79 Å². The molecular formula is C17H33N3O. The summed E-state index contributed by atoms with van der Waals surface area (Å²) in [4.78, 5) is 14.3. The Hall–Kier alpha value is -0.610. The maximum absolute atomic E-state index is 11.8. The highest BCUT2D eigenvalue weighted by molar-refractivity contribution is 5.84. The molecule has 21 heavy (non-hydrogen) atoms. The van der Waals surface area contributed by atoms with E-state index in [9.17, 15) is 4.79 Å². The Morgan fingerprint density at radius 3 is 2.67 bits per heavy atom. The first-order chi connectivity index (χ1) is 9.81. The van der Waals surface area contributed by atoms with Gasteiger partial charge in [-0.15, -0.1) is 0 Å². The van der Waals surface area contributed by atoms with Gasteiger partial charge in [0.25, 0.3) is 0 Å². The second-order valence-electron chi connectivity index (χ2n) is 8.08. The van der Waals surface area contributed by atoms with E-state index < -0.39 is 5.54 Å². The van der Waals surface area contributed by atoms with Crippen molar-refractivity contribution in [3.05, 3.63) is 0 Å². The molecule has 0 aromatic carbocycles. The van der Waals surface area contributed by atoms with Crippen LogP contribution in [0.25, 0.3) is 0 Å². The molecule has 1 saturated carbocycles. The summed E-state index contributed by atoms with van der Waals surface area (Å²) < 4.78 is 0. The Labute approximate surface area is 129 Å². The zero-order valence-corrected chi connectivity index (χ0v) is 14.1. The Morgan fingerprint density at radius 1 is 1.33 bits per heavy atom. The molecule has 1 aliphatic heterocycles. The van der Waals surface area contributed by atoms with E-state index in [-0.39, 0.29) is 5.91 Å². The quantitative estimate of drug-likeness (QED) is 0.757. The molecule has 1 atom stereocenters. The van der Waals surface area contributed by atoms with Crippen LogP contribution in [0.15, 0.2) is 0 Å². The van der Waals surface area contributed by atoms with Crippen LogP contribution in [-0.4, -0.2) is 42.0 Å².